The second kappa shape index (κ2) is 4.35. The highest BCUT2D eigenvalue weighted by atomic mass is 127. The van der Waals surface area contributed by atoms with Gasteiger partial charge in [-0.2, -0.15) is 0 Å². The van der Waals surface area contributed by atoms with Crippen molar-refractivity contribution in [3.05, 3.63) is 22.4 Å². The number of rotatable bonds is 1. The molecule has 0 fully saturated rings. The summed E-state index contributed by atoms with van der Waals surface area (Å²) in [7, 11) is 0. The van der Waals surface area contributed by atoms with Gasteiger partial charge in [-0.05, 0) is 17.7 Å². The van der Waals surface area contributed by atoms with Crippen LogP contribution < -0.4 is 0 Å². The van der Waals surface area contributed by atoms with Crippen molar-refractivity contribution in [3.63, 3.8) is 0 Å². The van der Waals surface area contributed by atoms with Gasteiger partial charge < -0.3 is 0 Å². The number of hydrogen-bond donors (Lipinski definition) is 0. The maximum atomic E-state index is 4.11. The molecule has 4 heteroatoms. The quantitative estimate of drug-likeness (QED) is 0.438. The molecule has 0 radical (unpaired) electrons. The largest absolute Gasteiger partial charge is 0.207 e. The van der Waals surface area contributed by atoms with E-state index in [0.717, 1.165) is 5.04 Å². The molecule has 0 atom stereocenters. The van der Waals surface area contributed by atoms with Crippen LogP contribution >= 0.6 is 46.0 Å². The van der Waals surface area contributed by atoms with Crippen LogP contribution in [0.1, 0.15) is 4.88 Å². The Bertz CT molecular complexity index is 218. The Morgan fingerprint density at radius 1 is 1.80 bits per heavy atom. The highest BCUT2D eigenvalue weighted by Gasteiger charge is 2.00. The second-order valence-corrected chi connectivity index (χ2v) is 3.80. The third-order valence-electron chi connectivity index (χ3n) is 1.00. The third kappa shape index (κ3) is 1.96. The van der Waals surface area contributed by atoms with Crippen LogP contribution in [0.3, 0.4) is 0 Å². The first-order valence-electron chi connectivity index (χ1n) is 2.65. The van der Waals surface area contributed by atoms with Crippen LogP contribution in [-0.2, 0) is 0 Å². The zero-order chi connectivity index (χ0) is 7.40. The maximum absolute atomic E-state index is 4.11. The molecule has 0 saturated heterocycles. The molecule has 1 heterocycles. The van der Waals surface area contributed by atoms with Crippen LogP contribution in [-0.4, -0.2) is 11.3 Å². The number of thioether (sulfide) groups is 1. The molecule has 0 aliphatic rings. The van der Waals surface area contributed by atoms with Crippen LogP contribution in [0, 0.1) is 0 Å². The molecule has 0 aliphatic heterocycles. The lowest BCUT2D eigenvalue weighted by Crippen LogP contribution is -1.86. The summed E-state index contributed by atoms with van der Waals surface area (Å²) < 4.78 is 4.11. The van der Waals surface area contributed by atoms with E-state index in [1.54, 1.807) is 23.1 Å². The van der Waals surface area contributed by atoms with E-state index in [9.17, 15) is 0 Å². The van der Waals surface area contributed by atoms with Crippen molar-refractivity contribution in [3.8, 4) is 0 Å². The van der Waals surface area contributed by atoms with Gasteiger partial charge in [0.2, 0.25) is 0 Å². The molecular formula is C6H6INS2. The molecule has 0 N–H and O–H groups in total. The molecule has 0 aliphatic carbocycles. The van der Waals surface area contributed by atoms with E-state index >= 15 is 0 Å². The number of hydrogen-bond acceptors (Lipinski definition) is 3. The van der Waals surface area contributed by atoms with Crippen molar-refractivity contribution in [2.24, 2.45) is 3.21 Å². The lowest BCUT2D eigenvalue weighted by Gasteiger charge is -1.93. The molecule has 0 bridgehead atoms. The monoisotopic (exact) mass is 283 g/mol. The summed E-state index contributed by atoms with van der Waals surface area (Å²) >= 11 is 5.43. The fourth-order valence-corrected chi connectivity index (χ4v) is 2.93. The van der Waals surface area contributed by atoms with Gasteiger partial charge in [0.05, 0.1) is 27.7 Å². The van der Waals surface area contributed by atoms with Gasteiger partial charge in [-0.1, -0.05) is 6.07 Å². The minimum Gasteiger partial charge on any atom is -0.207 e. The van der Waals surface area contributed by atoms with Crippen molar-refractivity contribution in [2.45, 2.75) is 0 Å². The average Bonchev–Trinajstić information content (AvgIpc) is 2.43. The van der Waals surface area contributed by atoms with Gasteiger partial charge >= 0.3 is 0 Å². The molecular weight excluding hydrogens is 277 g/mol. The Balaban J connectivity index is 2.85. The van der Waals surface area contributed by atoms with Crippen molar-refractivity contribution < 1.29 is 0 Å². The summed E-state index contributed by atoms with van der Waals surface area (Å²) in [5, 5.41) is 3.17. The Morgan fingerprint density at radius 2 is 2.60 bits per heavy atom. The van der Waals surface area contributed by atoms with Gasteiger partial charge in [0.1, 0.15) is 5.04 Å². The molecule has 0 aromatic carbocycles. The zero-order valence-corrected chi connectivity index (χ0v) is 9.16. The predicted octanol–water partition coefficient (Wildman–Crippen LogP) is 3.21. The summed E-state index contributed by atoms with van der Waals surface area (Å²) in [6.07, 6.45) is 2.04. The molecule has 10 heavy (non-hydrogen) atoms. The molecule has 1 rings (SSSR count). The van der Waals surface area contributed by atoms with Crippen molar-refractivity contribution in [1.29, 1.82) is 0 Å². The van der Waals surface area contributed by atoms with Crippen LogP contribution in [0.5, 0.6) is 0 Å². The first-order valence-corrected chi connectivity index (χ1v) is 5.72. The fraction of sp³-hybridized carbons (Fsp3) is 0.167. The topological polar surface area (TPSA) is 12.4 Å². The van der Waals surface area contributed by atoms with Crippen molar-refractivity contribution >= 4 is 51.0 Å². The van der Waals surface area contributed by atoms with Crippen LogP contribution in [0.25, 0.3) is 0 Å². The van der Waals surface area contributed by atoms with Gasteiger partial charge in [-0.3, -0.25) is 0 Å². The lowest BCUT2D eigenvalue weighted by atomic mass is 10.5. The minimum atomic E-state index is 1.11. The molecule has 0 saturated carbocycles. The smallest absolute Gasteiger partial charge is 0.120 e. The number of halogens is 1. The molecule has 1 nitrogen and oxygen atoms in total. The van der Waals surface area contributed by atoms with Gasteiger partial charge in [-0.15, -0.1) is 23.1 Å². The molecule has 0 spiro atoms. The highest BCUT2D eigenvalue weighted by Crippen LogP contribution is 2.17. The molecule has 1 aromatic heterocycles. The first kappa shape index (κ1) is 8.55. The molecule has 1 aromatic rings. The summed E-state index contributed by atoms with van der Waals surface area (Å²) in [4.78, 5) is 1.25. The van der Waals surface area contributed by atoms with Crippen LogP contribution in [0.2, 0.25) is 0 Å². The minimum absolute atomic E-state index is 1.11. The van der Waals surface area contributed by atoms with Crippen LogP contribution in [0.4, 0.5) is 0 Å². The molecule has 0 unspecified atom stereocenters. The van der Waals surface area contributed by atoms with Crippen molar-refractivity contribution in [1.82, 2.24) is 0 Å². The SMILES string of the molecule is CSC(=NI)c1cccs1. The van der Waals surface area contributed by atoms with Crippen LogP contribution in [0.15, 0.2) is 20.7 Å². The Kier molecular flexibility index (Phi) is 3.72. The van der Waals surface area contributed by atoms with E-state index in [4.69, 9.17) is 0 Å². The van der Waals surface area contributed by atoms with E-state index in [1.165, 1.54) is 4.88 Å². The second-order valence-electron chi connectivity index (χ2n) is 1.57. The zero-order valence-electron chi connectivity index (χ0n) is 5.37. The lowest BCUT2D eigenvalue weighted by molar-refractivity contribution is 1.93. The number of nitrogens with zero attached hydrogens (tertiary/aromatic N) is 1. The molecule has 54 valence electrons. The summed E-state index contributed by atoms with van der Waals surface area (Å²) in [6.45, 7) is 0. The Hall–Kier alpha value is 0.450. The Labute approximate surface area is 82.4 Å². The van der Waals surface area contributed by atoms with E-state index in [0.29, 0.717) is 0 Å². The van der Waals surface area contributed by atoms with E-state index < -0.39 is 0 Å². The third-order valence-corrected chi connectivity index (χ3v) is 3.52. The number of thiophene rings is 1. The summed E-state index contributed by atoms with van der Waals surface area (Å²) in [5.41, 5.74) is 0. The van der Waals surface area contributed by atoms with Crippen molar-refractivity contribution in [2.75, 3.05) is 6.26 Å². The summed E-state index contributed by atoms with van der Waals surface area (Å²) in [5.74, 6) is 0. The predicted molar refractivity (Wildman–Crippen MR) is 58.4 cm³/mol. The highest BCUT2D eigenvalue weighted by molar-refractivity contribution is 14.1. The fourth-order valence-electron chi connectivity index (χ4n) is 0.577. The van der Waals surface area contributed by atoms with E-state index in [-0.39, 0.29) is 0 Å². The van der Waals surface area contributed by atoms with Gasteiger partial charge in [-0.25, -0.2) is 3.21 Å². The van der Waals surface area contributed by atoms with E-state index in [2.05, 4.69) is 14.7 Å². The van der Waals surface area contributed by atoms with Gasteiger partial charge in [0.25, 0.3) is 0 Å². The standard InChI is InChI=1S/C6H6INS2/c1-9-6(8-7)5-3-2-4-10-5/h2-4H,1H3. The van der Waals surface area contributed by atoms with E-state index in [1.807, 2.05) is 35.2 Å². The normalized spacial score (nSPS) is 12.0. The summed E-state index contributed by atoms with van der Waals surface area (Å²) in [6, 6.07) is 4.12. The van der Waals surface area contributed by atoms with Gasteiger partial charge in [0.15, 0.2) is 0 Å². The molecule has 0 amide bonds. The van der Waals surface area contributed by atoms with Gasteiger partial charge in [0, 0.05) is 0 Å². The first-order chi connectivity index (χ1) is 4.88. The average molecular weight is 283 g/mol. The maximum Gasteiger partial charge on any atom is 0.120 e. The Morgan fingerprint density at radius 3 is 3.00 bits per heavy atom.